The summed E-state index contributed by atoms with van der Waals surface area (Å²) in [6, 6.07) is 11.5. The largest absolute Gasteiger partial charge is 0.369 e. The number of nitrogens with zero attached hydrogens (tertiary/aromatic N) is 2. The van der Waals surface area contributed by atoms with Crippen molar-refractivity contribution in [2.45, 2.75) is 6.54 Å². The molecule has 0 atom stereocenters. The second-order valence-electron chi connectivity index (χ2n) is 4.94. The van der Waals surface area contributed by atoms with Gasteiger partial charge in [-0.15, -0.1) is 0 Å². The maximum atomic E-state index is 11.1. The van der Waals surface area contributed by atoms with Gasteiger partial charge >= 0.3 is 0 Å². The first-order valence-corrected chi connectivity index (χ1v) is 7.55. The Bertz CT molecular complexity index is 724. The number of hydrogen-bond donors (Lipinski definition) is 0. The number of hydrogen-bond acceptors (Lipinski definition) is 2. The molecule has 0 amide bonds. The van der Waals surface area contributed by atoms with Crippen LogP contribution in [-0.4, -0.2) is 16.0 Å². The van der Waals surface area contributed by atoms with E-state index in [2.05, 4.69) is 63.4 Å². The molecule has 0 unspecified atom stereocenters. The van der Waals surface area contributed by atoms with Crippen molar-refractivity contribution >= 4 is 21.6 Å². The molecule has 0 spiro atoms. The van der Waals surface area contributed by atoms with Crippen LogP contribution >= 0.6 is 15.9 Å². The Kier molecular flexibility index (Phi) is 4.06. The standard InChI is InChI=1S/C17H15BrN2O/c18-15-3-1-14(2-4-15)13-19-9-5-16(6-10-19)20-11-7-17(21)8-12-20/h1-9,11-12H,10,13H2. The number of aromatic nitrogens is 1. The van der Waals surface area contributed by atoms with Crippen molar-refractivity contribution in [3.8, 4) is 0 Å². The number of benzene rings is 1. The highest BCUT2D eigenvalue weighted by molar-refractivity contribution is 9.10. The summed E-state index contributed by atoms with van der Waals surface area (Å²) in [6.07, 6.45) is 9.90. The van der Waals surface area contributed by atoms with Gasteiger partial charge in [-0.05, 0) is 29.8 Å². The van der Waals surface area contributed by atoms with Crippen molar-refractivity contribution in [1.82, 2.24) is 9.47 Å². The molecule has 0 radical (unpaired) electrons. The van der Waals surface area contributed by atoms with Gasteiger partial charge in [0.05, 0.1) is 0 Å². The van der Waals surface area contributed by atoms with Crippen LogP contribution in [0.5, 0.6) is 0 Å². The molecule has 4 heteroatoms. The monoisotopic (exact) mass is 342 g/mol. The van der Waals surface area contributed by atoms with E-state index in [9.17, 15) is 4.79 Å². The van der Waals surface area contributed by atoms with Gasteiger partial charge in [-0.2, -0.15) is 0 Å². The number of rotatable bonds is 3. The maximum Gasteiger partial charge on any atom is 0.181 e. The molecule has 3 rings (SSSR count). The van der Waals surface area contributed by atoms with E-state index >= 15 is 0 Å². The molecule has 2 aromatic rings. The zero-order valence-electron chi connectivity index (χ0n) is 11.4. The summed E-state index contributed by atoms with van der Waals surface area (Å²) in [6.45, 7) is 1.74. The summed E-state index contributed by atoms with van der Waals surface area (Å²) in [4.78, 5) is 13.4. The molecule has 0 saturated carbocycles. The van der Waals surface area contributed by atoms with Crippen LogP contribution in [0, 0.1) is 0 Å². The van der Waals surface area contributed by atoms with Crippen LogP contribution in [0.25, 0.3) is 5.70 Å². The molecule has 21 heavy (non-hydrogen) atoms. The Morgan fingerprint density at radius 2 is 1.76 bits per heavy atom. The molecule has 1 aliphatic rings. The summed E-state index contributed by atoms with van der Waals surface area (Å²) < 4.78 is 3.05. The molecule has 0 aliphatic carbocycles. The molecule has 3 nitrogen and oxygen atoms in total. The quantitative estimate of drug-likeness (QED) is 0.853. The minimum absolute atomic E-state index is 0.0310. The van der Waals surface area contributed by atoms with E-state index in [0.717, 1.165) is 23.3 Å². The molecule has 2 heterocycles. The van der Waals surface area contributed by atoms with Crippen molar-refractivity contribution in [1.29, 1.82) is 0 Å². The Hall–Kier alpha value is -2.07. The van der Waals surface area contributed by atoms with E-state index in [-0.39, 0.29) is 5.43 Å². The molecule has 0 saturated heterocycles. The molecule has 0 bridgehead atoms. The average molecular weight is 343 g/mol. The zero-order chi connectivity index (χ0) is 14.7. The Labute approximate surface area is 132 Å². The zero-order valence-corrected chi connectivity index (χ0v) is 13.0. The first kappa shape index (κ1) is 13.9. The van der Waals surface area contributed by atoms with Gasteiger partial charge in [0.15, 0.2) is 5.43 Å². The van der Waals surface area contributed by atoms with Gasteiger partial charge in [0.1, 0.15) is 0 Å². The van der Waals surface area contributed by atoms with Crippen molar-refractivity contribution in [2.75, 3.05) is 6.54 Å². The molecular weight excluding hydrogens is 328 g/mol. The second-order valence-corrected chi connectivity index (χ2v) is 5.86. The highest BCUT2D eigenvalue weighted by Gasteiger charge is 2.06. The molecule has 0 N–H and O–H groups in total. The highest BCUT2D eigenvalue weighted by Crippen LogP contribution is 2.16. The average Bonchev–Trinajstić information content (AvgIpc) is 2.51. The fraction of sp³-hybridized carbons (Fsp3) is 0.118. The van der Waals surface area contributed by atoms with Crippen LogP contribution in [-0.2, 0) is 6.54 Å². The van der Waals surface area contributed by atoms with E-state index in [0.29, 0.717) is 0 Å². The van der Waals surface area contributed by atoms with Crippen LogP contribution in [0.1, 0.15) is 5.56 Å². The van der Waals surface area contributed by atoms with Gasteiger partial charge in [-0.3, -0.25) is 4.79 Å². The lowest BCUT2D eigenvalue weighted by molar-refractivity contribution is 0.405. The van der Waals surface area contributed by atoms with Crippen LogP contribution in [0.4, 0.5) is 0 Å². The molecule has 0 fully saturated rings. The highest BCUT2D eigenvalue weighted by atomic mass is 79.9. The van der Waals surface area contributed by atoms with Crippen LogP contribution in [0.3, 0.4) is 0 Å². The van der Waals surface area contributed by atoms with Gasteiger partial charge in [0.25, 0.3) is 0 Å². The lowest BCUT2D eigenvalue weighted by Gasteiger charge is -2.23. The van der Waals surface area contributed by atoms with Gasteiger partial charge in [0, 0.05) is 54.0 Å². The maximum absolute atomic E-state index is 11.1. The number of halogens is 1. The smallest absolute Gasteiger partial charge is 0.181 e. The van der Waals surface area contributed by atoms with Gasteiger partial charge in [-0.25, -0.2) is 0 Å². The van der Waals surface area contributed by atoms with E-state index < -0.39 is 0 Å². The Balaban J connectivity index is 1.67. The summed E-state index contributed by atoms with van der Waals surface area (Å²) >= 11 is 3.45. The molecule has 1 aromatic carbocycles. The topological polar surface area (TPSA) is 25.2 Å². The van der Waals surface area contributed by atoms with Crippen molar-refractivity contribution in [3.63, 3.8) is 0 Å². The third kappa shape index (κ3) is 3.52. The predicted molar refractivity (Wildman–Crippen MR) is 88.7 cm³/mol. The van der Waals surface area contributed by atoms with Crippen LogP contribution in [0.15, 0.2) is 76.4 Å². The van der Waals surface area contributed by atoms with Crippen LogP contribution < -0.4 is 5.43 Å². The molecule has 1 aromatic heterocycles. The molecule has 106 valence electrons. The fourth-order valence-corrected chi connectivity index (χ4v) is 2.50. The number of allylic oxidation sites excluding steroid dienone is 2. The Morgan fingerprint density at radius 1 is 1.05 bits per heavy atom. The number of pyridine rings is 1. The summed E-state index contributed by atoms with van der Waals surface area (Å²) in [5.41, 5.74) is 2.40. The van der Waals surface area contributed by atoms with Gasteiger partial charge in [-0.1, -0.05) is 28.1 Å². The first-order valence-electron chi connectivity index (χ1n) is 6.76. The minimum Gasteiger partial charge on any atom is -0.369 e. The minimum atomic E-state index is 0.0310. The van der Waals surface area contributed by atoms with E-state index in [4.69, 9.17) is 0 Å². The van der Waals surface area contributed by atoms with E-state index in [1.54, 1.807) is 24.5 Å². The summed E-state index contributed by atoms with van der Waals surface area (Å²) in [5, 5.41) is 0. The summed E-state index contributed by atoms with van der Waals surface area (Å²) in [5.74, 6) is 0. The lowest BCUT2D eigenvalue weighted by Crippen LogP contribution is -2.20. The normalized spacial score (nSPS) is 14.1. The van der Waals surface area contributed by atoms with E-state index in [1.165, 1.54) is 5.56 Å². The van der Waals surface area contributed by atoms with Crippen molar-refractivity contribution in [3.05, 3.63) is 87.4 Å². The molecular formula is C17H15BrN2O. The first-order chi connectivity index (χ1) is 10.2. The summed E-state index contributed by atoms with van der Waals surface area (Å²) in [7, 11) is 0. The van der Waals surface area contributed by atoms with Gasteiger partial charge < -0.3 is 9.47 Å². The van der Waals surface area contributed by atoms with Gasteiger partial charge in [0.2, 0.25) is 0 Å². The second kappa shape index (κ2) is 6.14. The van der Waals surface area contributed by atoms with Crippen molar-refractivity contribution < 1.29 is 0 Å². The third-order valence-corrected chi connectivity index (χ3v) is 3.92. The SMILES string of the molecule is O=c1ccn(C2=CCN(Cc3ccc(Br)cc3)C=C2)cc1. The molecule has 1 aliphatic heterocycles. The predicted octanol–water partition coefficient (Wildman–Crippen LogP) is 3.48. The fourth-order valence-electron chi connectivity index (χ4n) is 2.24. The lowest BCUT2D eigenvalue weighted by atomic mass is 10.2. The third-order valence-electron chi connectivity index (χ3n) is 3.39. The van der Waals surface area contributed by atoms with E-state index in [1.807, 2.05) is 4.57 Å². The van der Waals surface area contributed by atoms with Crippen molar-refractivity contribution in [2.24, 2.45) is 0 Å². The van der Waals surface area contributed by atoms with Crippen LogP contribution in [0.2, 0.25) is 0 Å². The Morgan fingerprint density at radius 3 is 2.38 bits per heavy atom.